The van der Waals surface area contributed by atoms with E-state index in [1.54, 1.807) is 10.9 Å². The van der Waals surface area contributed by atoms with Crippen LogP contribution in [0, 0.1) is 6.92 Å². The second kappa shape index (κ2) is 7.02. The first-order valence-corrected chi connectivity index (χ1v) is 8.33. The molecule has 0 unspecified atom stereocenters. The van der Waals surface area contributed by atoms with Crippen LogP contribution in [-0.2, 0) is 6.54 Å². The summed E-state index contributed by atoms with van der Waals surface area (Å²) in [5.41, 5.74) is 0.676. The molecular formula is C15H23N4O2S+. The summed E-state index contributed by atoms with van der Waals surface area (Å²) >= 11 is 1.29. The molecule has 0 radical (unpaired) electrons. The van der Waals surface area contributed by atoms with E-state index in [2.05, 4.69) is 10.3 Å². The van der Waals surface area contributed by atoms with Crippen molar-refractivity contribution in [2.75, 3.05) is 27.2 Å². The molecule has 2 heterocycles. The van der Waals surface area contributed by atoms with Crippen molar-refractivity contribution >= 4 is 27.5 Å². The first-order chi connectivity index (χ1) is 10.5. The summed E-state index contributed by atoms with van der Waals surface area (Å²) in [5.74, 6) is -0.122. The van der Waals surface area contributed by atoms with Crippen molar-refractivity contribution in [2.45, 2.75) is 26.8 Å². The summed E-state index contributed by atoms with van der Waals surface area (Å²) in [5, 5.41) is 3.48. The zero-order valence-corrected chi connectivity index (χ0v) is 14.3. The molecule has 2 N–H and O–H groups in total. The number of hydrogen-bond acceptors (Lipinski definition) is 4. The Kier molecular flexibility index (Phi) is 5.31. The Labute approximate surface area is 133 Å². The van der Waals surface area contributed by atoms with Gasteiger partial charge in [-0.05, 0) is 18.9 Å². The van der Waals surface area contributed by atoms with E-state index in [0.717, 1.165) is 18.5 Å². The topological polar surface area (TPSA) is 68.4 Å². The highest BCUT2D eigenvalue weighted by molar-refractivity contribution is 7.20. The first-order valence-electron chi connectivity index (χ1n) is 7.51. The minimum atomic E-state index is -0.122. The molecule has 2 aromatic heterocycles. The molecule has 0 saturated carbocycles. The van der Waals surface area contributed by atoms with E-state index in [1.807, 2.05) is 27.9 Å². The lowest BCUT2D eigenvalue weighted by atomic mass is 10.2. The molecule has 0 aliphatic carbocycles. The van der Waals surface area contributed by atoms with Crippen molar-refractivity contribution in [3.05, 3.63) is 27.1 Å². The zero-order chi connectivity index (χ0) is 16.3. The van der Waals surface area contributed by atoms with E-state index >= 15 is 0 Å². The fourth-order valence-corrected chi connectivity index (χ4v) is 3.34. The van der Waals surface area contributed by atoms with Crippen LogP contribution < -0.4 is 15.8 Å². The molecule has 0 atom stereocenters. The molecule has 2 aromatic rings. The number of fused-ring (bicyclic) bond motifs is 1. The Morgan fingerprint density at radius 3 is 2.82 bits per heavy atom. The lowest BCUT2D eigenvalue weighted by Crippen LogP contribution is -3.06. The largest absolute Gasteiger partial charge is 0.346 e. The number of aryl methyl sites for hydroxylation is 2. The second-order valence-electron chi connectivity index (χ2n) is 5.69. The third-order valence-electron chi connectivity index (χ3n) is 3.50. The lowest BCUT2D eigenvalue weighted by molar-refractivity contribution is -0.856. The minimum absolute atomic E-state index is 0.0580. The molecule has 1 amide bonds. The van der Waals surface area contributed by atoms with Crippen LogP contribution in [0.2, 0.25) is 0 Å². The van der Waals surface area contributed by atoms with Gasteiger partial charge in [0.2, 0.25) is 0 Å². The van der Waals surface area contributed by atoms with Gasteiger partial charge in [0.15, 0.2) is 0 Å². The highest BCUT2D eigenvalue weighted by Crippen LogP contribution is 2.26. The number of carbonyl (C=O) groups excluding carboxylic acids is 1. The third kappa shape index (κ3) is 3.36. The van der Waals surface area contributed by atoms with Gasteiger partial charge in [0.1, 0.15) is 4.83 Å². The molecular weight excluding hydrogens is 300 g/mol. The van der Waals surface area contributed by atoms with Crippen LogP contribution in [0.4, 0.5) is 0 Å². The van der Waals surface area contributed by atoms with Gasteiger partial charge >= 0.3 is 0 Å². The fourth-order valence-electron chi connectivity index (χ4n) is 2.28. The molecule has 0 spiro atoms. The van der Waals surface area contributed by atoms with Gasteiger partial charge in [0, 0.05) is 6.54 Å². The summed E-state index contributed by atoms with van der Waals surface area (Å²) in [7, 11) is 4.08. The Morgan fingerprint density at radius 2 is 2.18 bits per heavy atom. The average Bonchev–Trinajstić information content (AvgIpc) is 2.79. The Hall–Kier alpha value is -1.73. The number of quaternary nitrogens is 1. The Morgan fingerprint density at radius 1 is 1.45 bits per heavy atom. The number of thiophene rings is 1. The summed E-state index contributed by atoms with van der Waals surface area (Å²) in [6, 6.07) is 0. The second-order valence-corrected chi connectivity index (χ2v) is 6.69. The monoisotopic (exact) mass is 323 g/mol. The maximum Gasteiger partial charge on any atom is 0.262 e. The van der Waals surface area contributed by atoms with Gasteiger partial charge in [-0.3, -0.25) is 14.2 Å². The smallest absolute Gasteiger partial charge is 0.262 e. The standard InChI is InChI=1S/C15H22N4O2S/c1-5-7-19-9-17-14-11(15(19)21)10(2)12(22-14)13(20)16-6-8-18(3)4/h9H,5-8H2,1-4H3,(H,16,20)/p+1. The molecule has 2 rings (SSSR count). The normalized spacial score (nSPS) is 11.3. The number of nitrogens with one attached hydrogen (secondary N) is 2. The predicted octanol–water partition coefficient (Wildman–Crippen LogP) is 0.0507. The summed E-state index contributed by atoms with van der Waals surface area (Å²) in [6.45, 7) is 5.96. The Balaban J connectivity index is 2.32. The van der Waals surface area contributed by atoms with E-state index in [1.165, 1.54) is 16.2 Å². The van der Waals surface area contributed by atoms with Crippen LogP contribution in [0.25, 0.3) is 10.2 Å². The number of rotatable bonds is 6. The van der Waals surface area contributed by atoms with Crippen LogP contribution in [0.5, 0.6) is 0 Å². The van der Waals surface area contributed by atoms with Gasteiger partial charge in [0.25, 0.3) is 11.5 Å². The SMILES string of the molecule is CCCn1cnc2sc(C(=O)NCC[NH+](C)C)c(C)c2c1=O. The molecule has 7 heteroatoms. The fraction of sp³-hybridized carbons (Fsp3) is 0.533. The van der Waals surface area contributed by atoms with E-state index < -0.39 is 0 Å². The maximum atomic E-state index is 12.5. The highest BCUT2D eigenvalue weighted by atomic mass is 32.1. The minimum Gasteiger partial charge on any atom is -0.346 e. The van der Waals surface area contributed by atoms with Crippen molar-refractivity contribution < 1.29 is 9.69 Å². The van der Waals surface area contributed by atoms with E-state index in [9.17, 15) is 9.59 Å². The molecule has 0 aromatic carbocycles. The number of aromatic nitrogens is 2. The van der Waals surface area contributed by atoms with E-state index in [4.69, 9.17) is 0 Å². The van der Waals surface area contributed by atoms with Crippen LogP contribution in [0.1, 0.15) is 28.6 Å². The number of nitrogens with zero attached hydrogens (tertiary/aromatic N) is 2. The van der Waals surface area contributed by atoms with Crippen LogP contribution in [0.15, 0.2) is 11.1 Å². The van der Waals surface area contributed by atoms with Crippen LogP contribution in [-0.4, -0.2) is 42.6 Å². The van der Waals surface area contributed by atoms with Crippen molar-refractivity contribution in [3.63, 3.8) is 0 Å². The lowest BCUT2D eigenvalue weighted by Gasteiger charge is -2.08. The van der Waals surface area contributed by atoms with Crippen molar-refractivity contribution in [1.82, 2.24) is 14.9 Å². The quantitative estimate of drug-likeness (QED) is 0.789. The van der Waals surface area contributed by atoms with Gasteiger partial charge in [-0.15, -0.1) is 11.3 Å². The molecule has 0 fully saturated rings. The molecule has 22 heavy (non-hydrogen) atoms. The van der Waals surface area contributed by atoms with Crippen LogP contribution in [0.3, 0.4) is 0 Å². The average molecular weight is 323 g/mol. The zero-order valence-electron chi connectivity index (χ0n) is 13.5. The summed E-state index contributed by atoms with van der Waals surface area (Å²) in [6.07, 6.45) is 2.44. The van der Waals surface area contributed by atoms with Crippen LogP contribution >= 0.6 is 11.3 Å². The maximum absolute atomic E-state index is 12.5. The highest BCUT2D eigenvalue weighted by Gasteiger charge is 2.19. The predicted molar refractivity (Wildman–Crippen MR) is 88.9 cm³/mol. The van der Waals surface area contributed by atoms with Gasteiger partial charge < -0.3 is 10.2 Å². The molecule has 0 bridgehead atoms. The third-order valence-corrected chi connectivity index (χ3v) is 4.70. The first kappa shape index (κ1) is 16.6. The molecule has 0 saturated heterocycles. The van der Waals surface area contributed by atoms with Gasteiger partial charge in [-0.25, -0.2) is 4.98 Å². The number of likely N-dealkylation sites (N-methyl/N-ethyl adjacent to an activating group) is 1. The number of hydrogen-bond donors (Lipinski definition) is 2. The van der Waals surface area contributed by atoms with E-state index in [-0.39, 0.29) is 11.5 Å². The summed E-state index contributed by atoms with van der Waals surface area (Å²) in [4.78, 5) is 31.6. The van der Waals surface area contributed by atoms with Crippen molar-refractivity contribution in [2.24, 2.45) is 0 Å². The number of amides is 1. The van der Waals surface area contributed by atoms with Gasteiger partial charge in [-0.2, -0.15) is 0 Å². The van der Waals surface area contributed by atoms with Crippen molar-refractivity contribution in [1.29, 1.82) is 0 Å². The number of carbonyl (C=O) groups is 1. The van der Waals surface area contributed by atoms with Crippen molar-refractivity contribution in [3.8, 4) is 0 Å². The molecule has 120 valence electrons. The molecule has 6 nitrogen and oxygen atoms in total. The summed E-state index contributed by atoms with van der Waals surface area (Å²) < 4.78 is 1.61. The molecule has 0 aliphatic heterocycles. The van der Waals surface area contributed by atoms with Gasteiger partial charge in [0.05, 0.1) is 43.8 Å². The molecule has 0 aliphatic rings. The van der Waals surface area contributed by atoms with Gasteiger partial charge in [-0.1, -0.05) is 6.92 Å². The van der Waals surface area contributed by atoms with E-state index in [0.29, 0.717) is 28.2 Å². The Bertz CT molecular complexity index is 733.